The number of carbonyl (C=O) groups is 2. The van der Waals surface area contributed by atoms with Crippen molar-refractivity contribution in [2.24, 2.45) is 11.8 Å². The lowest BCUT2D eigenvalue weighted by Gasteiger charge is -2.32. The highest BCUT2D eigenvalue weighted by molar-refractivity contribution is 5.90. The first-order chi connectivity index (χ1) is 10.1. The Morgan fingerprint density at radius 1 is 1.33 bits per heavy atom. The molecule has 1 amide bonds. The lowest BCUT2D eigenvalue weighted by atomic mass is 9.92. The monoisotopic (exact) mass is 288 g/mol. The van der Waals surface area contributed by atoms with Crippen molar-refractivity contribution < 1.29 is 14.7 Å². The largest absolute Gasteiger partial charge is 0.478 e. The molecule has 0 aliphatic carbocycles. The van der Waals surface area contributed by atoms with Gasteiger partial charge in [0.25, 0.3) is 0 Å². The molecule has 5 heteroatoms. The molecule has 0 radical (unpaired) electrons. The van der Waals surface area contributed by atoms with Gasteiger partial charge in [0.05, 0.1) is 11.5 Å². The van der Waals surface area contributed by atoms with Gasteiger partial charge in [0.2, 0.25) is 5.91 Å². The van der Waals surface area contributed by atoms with Crippen LogP contribution in [0.1, 0.15) is 28.4 Å². The van der Waals surface area contributed by atoms with E-state index < -0.39 is 5.97 Å². The average Bonchev–Trinajstić information content (AvgIpc) is 2.91. The Hall–Kier alpha value is -1.88. The van der Waals surface area contributed by atoms with Crippen LogP contribution in [0.5, 0.6) is 0 Å². The smallest absolute Gasteiger partial charge is 0.335 e. The van der Waals surface area contributed by atoms with Crippen LogP contribution in [0.4, 0.5) is 0 Å². The SMILES string of the molecule is CC1CNCC1C(=O)N1CCc2c(cccc2C(=O)O)C1. The van der Waals surface area contributed by atoms with Gasteiger partial charge < -0.3 is 15.3 Å². The summed E-state index contributed by atoms with van der Waals surface area (Å²) in [6.45, 7) is 4.88. The summed E-state index contributed by atoms with van der Waals surface area (Å²) in [5.74, 6) is -0.280. The fraction of sp³-hybridized carbons (Fsp3) is 0.500. The fourth-order valence-electron chi connectivity index (χ4n) is 3.37. The van der Waals surface area contributed by atoms with Gasteiger partial charge >= 0.3 is 5.97 Å². The van der Waals surface area contributed by atoms with Gasteiger partial charge in [-0.15, -0.1) is 0 Å². The summed E-state index contributed by atoms with van der Waals surface area (Å²) < 4.78 is 0. The number of carboxylic acids is 1. The summed E-state index contributed by atoms with van der Waals surface area (Å²) in [6.07, 6.45) is 0.623. The summed E-state index contributed by atoms with van der Waals surface area (Å²) in [4.78, 5) is 25.7. The standard InChI is InChI=1S/C16H20N2O3/c1-10-7-17-8-14(10)15(19)18-6-5-12-11(9-18)3-2-4-13(12)16(20)21/h2-4,10,14,17H,5-9H2,1H3,(H,20,21). The van der Waals surface area contributed by atoms with E-state index in [-0.39, 0.29) is 11.8 Å². The quantitative estimate of drug-likeness (QED) is 0.856. The van der Waals surface area contributed by atoms with E-state index in [0.717, 1.165) is 24.2 Å². The zero-order valence-corrected chi connectivity index (χ0v) is 12.1. The fourth-order valence-corrected chi connectivity index (χ4v) is 3.37. The topological polar surface area (TPSA) is 69.6 Å². The van der Waals surface area contributed by atoms with Gasteiger partial charge in [-0.05, 0) is 36.1 Å². The first-order valence-corrected chi connectivity index (χ1v) is 7.41. The minimum Gasteiger partial charge on any atom is -0.478 e. The number of amides is 1. The molecule has 2 atom stereocenters. The van der Waals surface area contributed by atoms with Crippen LogP contribution in [0.2, 0.25) is 0 Å². The molecule has 1 aromatic rings. The van der Waals surface area contributed by atoms with E-state index in [1.54, 1.807) is 12.1 Å². The maximum atomic E-state index is 12.6. The molecule has 2 unspecified atom stereocenters. The Kier molecular flexibility index (Phi) is 3.68. The molecule has 21 heavy (non-hydrogen) atoms. The highest BCUT2D eigenvalue weighted by Crippen LogP contribution is 2.26. The lowest BCUT2D eigenvalue weighted by Crippen LogP contribution is -2.42. The van der Waals surface area contributed by atoms with Crippen LogP contribution >= 0.6 is 0 Å². The Bertz CT molecular complexity index is 585. The molecular weight excluding hydrogens is 268 g/mol. The van der Waals surface area contributed by atoms with E-state index in [1.807, 2.05) is 11.0 Å². The number of fused-ring (bicyclic) bond motifs is 1. The summed E-state index contributed by atoms with van der Waals surface area (Å²) in [5.41, 5.74) is 2.22. The third kappa shape index (κ3) is 2.53. The average molecular weight is 288 g/mol. The van der Waals surface area contributed by atoms with Crippen LogP contribution in [-0.2, 0) is 17.8 Å². The molecule has 5 nitrogen and oxygen atoms in total. The van der Waals surface area contributed by atoms with Crippen LogP contribution in [0.15, 0.2) is 18.2 Å². The molecule has 3 rings (SSSR count). The van der Waals surface area contributed by atoms with Crippen molar-refractivity contribution in [1.82, 2.24) is 10.2 Å². The summed E-state index contributed by atoms with van der Waals surface area (Å²) in [7, 11) is 0. The Labute approximate surface area is 123 Å². The van der Waals surface area contributed by atoms with Crippen LogP contribution in [0.25, 0.3) is 0 Å². The third-order valence-electron chi connectivity index (χ3n) is 4.64. The summed E-state index contributed by atoms with van der Waals surface area (Å²) >= 11 is 0. The zero-order chi connectivity index (χ0) is 15.0. The second-order valence-electron chi connectivity index (χ2n) is 6.00. The number of nitrogens with one attached hydrogen (secondary N) is 1. The van der Waals surface area contributed by atoms with Crippen molar-refractivity contribution in [3.05, 3.63) is 34.9 Å². The lowest BCUT2D eigenvalue weighted by molar-refractivity contribution is -0.136. The molecule has 1 saturated heterocycles. The number of hydrogen-bond acceptors (Lipinski definition) is 3. The number of benzene rings is 1. The van der Waals surface area contributed by atoms with Gasteiger partial charge in [-0.3, -0.25) is 4.79 Å². The molecule has 2 aliphatic heterocycles. The predicted octanol–water partition coefficient (Wildman–Crippen LogP) is 1.12. The van der Waals surface area contributed by atoms with Crippen molar-refractivity contribution >= 4 is 11.9 Å². The second-order valence-corrected chi connectivity index (χ2v) is 6.00. The van der Waals surface area contributed by atoms with Crippen LogP contribution in [-0.4, -0.2) is 41.5 Å². The molecule has 1 fully saturated rings. The van der Waals surface area contributed by atoms with Crippen molar-refractivity contribution in [3.8, 4) is 0 Å². The molecule has 0 aromatic heterocycles. The normalized spacial score (nSPS) is 24.7. The number of hydrogen-bond donors (Lipinski definition) is 2. The van der Waals surface area contributed by atoms with E-state index in [1.165, 1.54) is 0 Å². The number of aromatic carboxylic acids is 1. The predicted molar refractivity (Wildman–Crippen MR) is 78.0 cm³/mol. The summed E-state index contributed by atoms with van der Waals surface area (Å²) in [5, 5.41) is 12.5. The van der Waals surface area contributed by atoms with Gasteiger partial charge in [-0.25, -0.2) is 4.79 Å². The van der Waals surface area contributed by atoms with E-state index >= 15 is 0 Å². The Morgan fingerprint density at radius 3 is 2.81 bits per heavy atom. The van der Waals surface area contributed by atoms with Crippen LogP contribution in [0.3, 0.4) is 0 Å². The minimum atomic E-state index is -0.889. The molecule has 2 heterocycles. The number of carbonyl (C=O) groups excluding carboxylic acids is 1. The molecule has 2 aliphatic rings. The van der Waals surface area contributed by atoms with E-state index in [2.05, 4.69) is 12.2 Å². The maximum Gasteiger partial charge on any atom is 0.335 e. The van der Waals surface area contributed by atoms with Gasteiger partial charge in [0.1, 0.15) is 0 Å². The Balaban J connectivity index is 1.80. The molecule has 0 spiro atoms. The molecule has 112 valence electrons. The maximum absolute atomic E-state index is 12.6. The van der Waals surface area contributed by atoms with Crippen molar-refractivity contribution in [2.75, 3.05) is 19.6 Å². The number of rotatable bonds is 2. The van der Waals surface area contributed by atoms with Crippen LogP contribution < -0.4 is 5.32 Å². The second kappa shape index (κ2) is 5.48. The van der Waals surface area contributed by atoms with E-state index in [0.29, 0.717) is 31.0 Å². The van der Waals surface area contributed by atoms with E-state index in [4.69, 9.17) is 0 Å². The van der Waals surface area contributed by atoms with Gasteiger partial charge in [-0.2, -0.15) is 0 Å². The number of carboxylic acid groups (broad SMARTS) is 1. The zero-order valence-electron chi connectivity index (χ0n) is 12.1. The molecular formula is C16H20N2O3. The van der Waals surface area contributed by atoms with Crippen LogP contribution in [0, 0.1) is 11.8 Å². The molecule has 2 N–H and O–H groups in total. The van der Waals surface area contributed by atoms with Crippen molar-refractivity contribution in [1.29, 1.82) is 0 Å². The highest BCUT2D eigenvalue weighted by atomic mass is 16.4. The number of nitrogens with zero attached hydrogens (tertiary/aromatic N) is 1. The third-order valence-corrected chi connectivity index (χ3v) is 4.64. The minimum absolute atomic E-state index is 0.0502. The first kappa shape index (κ1) is 14.1. The Morgan fingerprint density at radius 2 is 2.14 bits per heavy atom. The summed E-state index contributed by atoms with van der Waals surface area (Å²) in [6, 6.07) is 5.33. The van der Waals surface area contributed by atoms with Crippen molar-refractivity contribution in [3.63, 3.8) is 0 Å². The molecule has 1 aromatic carbocycles. The highest BCUT2D eigenvalue weighted by Gasteiger charge is 2.34. The van der Waals surface area contributed by atoms with Crippen molar-refractivity contribution in [2.45, 2.75) is 19.9 Å². The molecule has 0 bridgehead atoms. The van der Waals surface area contributed by atoms with Gasteiger partial charge in [-0.1, -0.05) is 19.1 Å². The first-order valence-electron chi connectivity index (χ1n) is 7.41. The van der Waals surface area contributed by atoms with Gasteiger partial charge in [0, 0.05) is 19.6 Å². The van der Waals surface area contributed by atoms with E-state index in [9.17, 15) is 14.7 Å². The van der Waals surface area contributed by atoms with Gasteiger partial charge in [0.15, 0.2) is 0 Å². The molecule has 0 saturated carbocycles.